The lowest BCUT2D eigenvalue weighted by Gasteiger charge is -2.27. The van der Waals surface area contributed by atoms with Crippen molar-refractivity contribution >= 4 is 11.6 Å². The van der Waals surface area contributed by atoms with Gasteiger partial charge in [-0.1, -0.05) is 23.7 Å². The third kappa shape index (κ3) is 3.76. The maximum Gasteiger partial charge on any atom is 0.416 e. The lowest BCUT2D eigenvalue weighted by atomic mass is 10.0. The first-order valence-corrected chi connectivity index (χ1v) is 9.44. The minimum atomic E-state index is -4.29. The van der Waals surface area contributed by atoms with Gasteiger partial charge < -0.3 is 9.88 Å². The molecule has 2 aliphatic rings. The van der Waals surface area contributed by atoms with Crippen LogP contribution in [0.2, 0.25) is 5.15 Å². The molecule has 7 heteroatoms. The zero-order valence-electron chi connectivity index (χ0n) is 14.3. The molecule has 0 radical (unpaired) electrons. The molecule has 1 aromatic carbocycles. The summed E-state index contributed by atoms with van der Waals surface area (Å²) in [6, 6.07) is 5.49. The molecule has 1 aliphatic heterocycles. The van der Waals surface area contributed by atoms with Gasteiger partial charge in [0.2, 0.25) is 0 Å². The van der Waals surface area contributed by atoms with Crippen LogP contribution in [0.4, 0.5) is 13.2 Å². The Morgan fingerprint density at radius 1 is 1.19 bits per heavy atom. The summed E-state index contributed by atoms with van der Waals surface area (Å²) in [6.07, 6.45) is 0.715. The number of aryl methyl sites for hydroxylation is 1. The van der Waals surface area contributed by atoms with Crippen molar-refractivity contribution < 1.29 is 13.2 Å². The predicted octanol–water partition coefficient (Wildman–Crippen LogP) is 4.78. The smallest absolute Gasteiger partial charge is 0.328 e. The summed E-state index contributed by atoms with van der Waals surface area (Å²) in [7, 11) is 0. The van der Waals surface area contributed by atoms with Gasteiger partial charge in [-0.2, -0.15) is 13.2 Å². The monoisotopic (exact) mass is 383 g/mol. The van der Waals surface area contributed by atoms with E-state index in [4.69, 9.17) is 11.6 Å². The number of imidazole rings is 1. The van der Waals surface area contributed by atoms with E-state index in [1.54, 1.807) is 12.1 Å². The van der Waals surface area contributed by atoms with Crippen LogP contribution in [0.25, 0.3) is 0 Å². The van der Waals surface area contributed by atoms with Gasteiger partial charge in [-0.3, -0.25) is 0 Å². The van der Waals surface area contributed by atoms with Crippen molar-refractivity contribution in [3.05, 3.63) is 52.1 Å². The van der Waals surface area contributed by atoms with Gasteiger partial charge in [0.25, 0.3) is 0 Å². The number of fused-ring (bicyclic) bond motifs is 1. The predicted molar refractivity (Wildman–Crippen MR) is 94.2 cm³/mol. The summed E-state index contributed by atoms with van der Waals surface area (Å²) in [4.78, 5) is 4.58. The fraction of sp³-hybridized carbons (Fsp3) is 0.526. The van der Waals surface area contributed by atoms with Crippen LogP contribution in [0.3, 0.4) is 0 Å². The molecule has 2 aromatic rings. The molecule has 140 valence electrons. The SMILES string of the molecule is FC(F)(F)c1ccc(CCC2NCCn3c(CC4CC4)nc(Cl)c32)cc1. The molecule has 0 amide bonds. The molecule has 1 saturated carbocycles. The van der Waals surface area contributed by atoms with Gasteiger partial charge in [0.15, 0.2) is 5.15 Å². The molecule has 4 rings (SSSR count). The number of nitrogens with zero attached hydrogens (tertiary/aromatic N) is 2. The summed E-state index contributed by atoms with van der Waals surface area (Å²) >= 11 is 6.42. The number of halogens is 4. The Bertz CT molecular complexity index is 779. The Kier molecular flexibility index (Phi) is 4.73. The average molecular weight is 384 g/mol. The zero-order chi connectivity index (χ0) is 18.3. The average Bonchev–Trinajstić information content (AvgIpc) is 3.36. The number of nitrogens with one attached hydrogen (secondary N) is 1. The minimum Gasteiger partial charge on any atom is -0.328 e. The van der Waals surface area contributed by atoms with E-state index in [1.165, 1.54) is 12.8 Å². The van der Waals surface area contributed by atoms with E-state index in [0.29, 0.717) is 11.6 Å². The van der Waals surface area contributed by atoms with Crippen molar-refractivity contribution in [2.45, 2.75) is 50.9 Å². The molecular weight excluding hydrogens is 363 g/mol. The topological polar surface area (TPSA) is 29.9 Å². The molecule has 0 spiro atoms. The van der Waals surface area contributed by atoms with Crippen molar-refractivity contribution in [1.29, 1.82) is 0 Å². The third-order valence-electron chi connectivity index (χ3n) is 5.27. The van der Waals surface area contributed by atoms with Crippen molar-refractivity contribution in [2.24, 2.45) is 5.92 Å². The van der Waals surface area contributed by atoms with Crippen LogP contribution < -0.4 is 5.32 Å². The molecule has 2 heterocycles. The Morgan fingerprint density at radius 3 is 2.58 bits per heavy atom. The first-order chi connectivity index (χ1) is 12.4. The molecule has 1 aromatic heterocycles. The summed E-state index contributed by atoms with van der Waals surface area (Å²) in [5.41, 5.74) is 1.31. The standard InChI is InChI=1S/C19H21ClF3N3/c20-18-17-15(8-5-12-3-6-14(7-4-12)19(21,22)23)24-9-10-26(17)16(25-18)11-13-1-2-13/h3-4,6-7,13,15,24H,1-2,5,8-11H2. The van der Waals surface area contributed by atoms with Gasteiger partial charge in [0.05, 0.1) is 17.3 Å². The number of aromatic nitrogens is 2. The van der Waals surface area contributed by atoms with Crippen LogP contribution in [0.5, 0.6) is 0 Å². The second-order valence-electron chi connectivity index (χ2n) is 7.24. The van der Waals surface area contributed by atoms with Gasteiger partial charge in [-0.05, 0) is 49.3 Å². The summed E-state index contributed by atoms with van der Waals surface area (Å²) in [6.45, 7) is 1.73. The van der Waals surface area contributed by atoms with Crippen LogP contribution in [0, 0.1) is 5.92 Å². The van der Waals surface area contributed by atoms with E-state index in [1.807, 2.05) is 0 Å². The molecule has 3 nitrogen and oxygen atoms in total. The molecule has 1 atom stereocenters. The molecule has 0 bridgehead atoms. The molecule has 1 unspecified atom stereocenters. The Hall–Kier alpha value is -1.53. The van der Waals surface area contributed by atoms with Crippen molar-refractivity contribution in [2.75, 3.05) is 6.54 Å². The van der Waals surface area contributed by atoms with E-state index in [2.05, 4.69) is 14.9 Å². The first-order valence-electron chi connectivity index (χ1n) is 9.06. The highest BCUT2D eigenvalue weighted by molar-refractivity contribution is 6.30. The lowest BCUT2D eigenvalue weighted by molar-refractivity contribution is -0.137. The summed E-state index contributed by atoms with van der Waals surface area (Å²) in [5, 5.41) is 4.04. The molecule has 1 N–H and O–H groups in total. The second kappa shape index (κ2) is 6.89. The number of hydrogen-bond acceptors (Lipinski definition) is 2. The number of alkyl halides is 3. The molecule has 26 heavy (non-hydrogen) atoms. The number of hydrogen-bond donors (Lipinski definition) is 1. The largest absolute Gasteiger partial charge is 0.416 e. The fourth-order valence-corrected chi connectivity index (χ4v) is 3.99. The van der Waals surface area contributed by atoms with Crippen LogP contribution >= 0.6 is 11.6 Å². The van der Waals surface area contributed by atoms with Crippen molar-refractivity contribution in [3.63, 3.8) is 0 Å². The van der Waals surface area contributed by atoms with Crippen LogP contribution in [0.1, 0.15) is 47.9 Å². The Morgan fingerprint density at radius 2 is 1.92 bits per heavy atom. The molecule has 1 fully saturated rings. The second-order valence-corrected chi connectivity index (χ2v) is 7.60. The highest BCUT2D eigenvalue weighted by atomic mass is 35.5. The Balaban J connectivity index is 1.46. The maximum atomic E-state index is 12.7. The van der Waals surface area contributed by atoms with Crippen molar-refractivity contribution in [1.82, 2.24) is 14.9 Å². The number of rotatable bonds is 5. The maximum absolute atomic E-state index is 12.7. The van der Waals surface area contributed by atoms with Gasteiger partial charge in [0.1, 0.15) is 5.82 Å². The van der Waals surface area contributed by atoms with E-state index < -0.39 is 11.7 Å². The van der Waals surface area contributed by atoms with Crippen LogP contribution in [-0.4, -0.2) is 16.1 Å². The highest BCUT2D eigenvalue weighted by Gasteiger charge is 2.31. The van der Waals surface area contributed by atoms with E-state index in [0.717, 1.165) is 61.1 Å². The third-order valence-corrected chi connectivity index (χ3v) is 5.55. The summed E-state index contributed by atoms with van der Waals surface area (Å²) in [5.74, 6) is 1.83. The van der Waals surface area contributed by atoms with Gasteiger partial charge in [-0.25, -0.2) is 4.98 Å². The summed E-state index contributed by atoms with van der Waals surface area (Å²) < 4.78 is 40.3. The molecule has 0 saturated heterocycles. The quantitative estimate of drug-likeness (QED) is 0.804. The highest BCUT2D eigenvalue weighted by Crippen LogP contribution is 2.36. The van der Waals surface area contributed by atoms with Crippen LogP contribution in [-0.2, 0) is 25.6 Å². The first kappa shape index (κ1) is 17.9. The zero-order valence-corrected chi connectivity index (χ0v) is 15.1. The van der Waals surface area contributed by atoms with Crippen LogP contribution in [0.15, 0.2) is 24.3 Å². The fourth-order valence-electron chi connectivity index (χ4n) is 3.66. The van der Waals surface area contributed by atoms with Crippen molar-refractivity contribution in [3.8, 4) is 0 Å². The van der Waals surface area contributed by atoms with E-state index in [9.17, 15) is 13.2 Å². The normalized spacial score (nSPS) is 20.2. The minimum absolute atomic E-state index is 0.0824. The molecular formula is C19H21ClF3N3. The van der Waals surface area contributed by atoms with Gasteiger partial charge in [-0.15, -0.1) is 0 Å². The lowest BCUT2D eigenvalue weighted by Crippen LogP contribution is -2.34. The molecule has 1 aliphatic carbocycles. The van der Waals surface area contributed by atoms with E-state index in [-0.39, 0.29) is 6.04 Å². The number of benzene rings is 1. The van der Waals surface area contributed by atoms with Gasteiger partial charge in [0, 0.05) is 19.5 Å². The van der Waals surface area contributed by atoms with Gasteiger partial charge >= 0.3 is 6.18 Å². The Labute approximate surface area is 155 Å². The van der Waals surface area contributed by atoms with E-state index >= 15 is 0 Å².